The average molecular weight is 294 g/mol. The maximum Gasteiger partial charge on any atom is 0.308 e. The Morgan fingerprint density at radius 2 is 1.95 bits per heavy atom. The second-order valence-corrected chi connectivity index (χ2v) is 5.74. The molecule has 2 rings (SSSR count). The van der Waals surface area contributed by atoms with Crippen LogP contribution in [-0.4, -0.2) is 16.9 Å². The third kappa shape index (κ3) is 2.56. The van der Waals surface area contributed by atoms with E-state index in [1.165, 1.54) is 18.7 Å². The molecule has 0 aliphatic carbocycles. The summed E-state index contributed by atoms with van der Waals surface area (Å²) >= 11 is 6.42. The van der Waals surface area contributed by atoms with Crippen LogP contribution < -0.4 is 9.64 Å². The van der Waals surface area contributed by atoms with Crippen molar-refractivity contribution in [3.63, 3.8) is 0 Å². The molecule has 1 aliphatic heterocycles. The van der Waals surface area contributed by atoms with Crippen LogP contribution in [-0.2, 0) is 9.59 Å². The fourth-order valence-electron chi connectivity index (χ4n) is 2.51. The number of carbonyl (C=O) groups excluding carboxylic acids is 2. The Hall–Kier alpha value is -1.81. The first kappa shape index (κ1) is 14.6. The van der Waals surface area contributed by atoms with Crippen molar-refractivity contribution in [1.29, 1.82) is 0 Å². The molecule has 1 aliphatic rings. The second kappa shape index (κ2) is 4.94. The molecule has 0 radical (unpaired) electrons. The first-order valence-electron chi connectivity index (χ1n) is 6.24. The smallest absolute Gasteiger partial charge is 0.308 e. The number of ether oxygens (including phenoxy) is 1. The standard InChI is InChI=1S/C15H16ClNO3/c1-9-8-15(4,16)17(10(2)18)14-6-5-12(7-13(9)14)20-11(3)19/h5-8H,1-4H3. The predicted molar refractivity (Wildman–Crippen MR) is 78.8 cm³/mol. The molecule has 1 heterocycles. The van der Waals surface area contributed by atoms with Gasteiger partial charge in [0.2, 0.25) is 5.91 Å². The Kier molecular flexibility index (Phi) is 3.61. The van der Waals surface area contributed by atoms with E-state index in [-0.39, 0.29) is 11.9 Å². The Morgan fingerprint density at radius 3 is 2.50 bits per heavy atom. The number of amides is 1. The lowest BCUT2D eigenvalue weighted by Crippen LogP contribution is -2.46. The van der Waals surface area contributed by atoms with Crippen LogP contribution in [0.15, 0.2) is 24.3 Å². The third-order valence-electron chi connectivity index (χ3n) is 3.13. The number of rotatable bonds is 1. The Morgan fingerprint density at radius 1 is 1.30 bits per heavy atom. The molecule has 1 aromatic carbocycles. The van der Waals surface area contributed by atoms with Crippen molar-refractivity contribution < 1.29 is 14.3 Å². The largest absolute Gasteiger partial charge is 0.427 e. The van der Waals surface area contributed by atoms with Crippen molar-refractivity contribution in [2.24, 2.45) is 0 Å². The third-order valence-corrected chi connectivity index (χ3v) is 3.41. The van der Waals surface area contributed by atoms with Crippen LogP contribution in [0.4, 0.5) is 5.69 Å². The van der Waals surface area contributed by atoms with Crippen molar-refractivity contribution in [3.8, 4) is 5.75 Å². The zero-order valence-corrected chi connectivity index (χ0v) is 12.6. The molecule has 1 amide bonds. The van der Waals surface area contributed by atoms with Gasteiger partial charge in [0.15, 0.2) is 0 Å². The van der Waals surface area contributed by atoms with Crippen molar-refractivity contribution in [2.45, 2.75) is 32.7 Å². The molecule has 0 fully saturated rings. The van der Waals surface area contributed by atoms with E-state index in [1.54, 1.807) is 25.1 Å². The molecule has 0 N–H and O–H groups in total. The van der Waals surface area contributed by atoms with Gasteiger partial charge in [0.05, 0.1) is 5.69 Å². The van der Waals surface area contributed by atoms with Gasteiger partial charge in [-0.25, -0.2) is 0 Å². The highest BCUT2D eigenvalue weighted by Crippen LogP contribution is 2.42. The molecule has 0 aromatic heterocycles. The summed E-state index contributed by atoms with van der Waals surface area (Å²) < 4.78 is 5.07. The average Bonchev–Trinajstić information content (AvgIpc) is 2.27. The van der Waals surface area contributed by atoms with E-state index in [0.717, 1.165) is 11.1 Å². The topological polar surface area (TPSA) is 46.6 Å². The first-order valence-corrected chi connectivity index (χ1v) is 6.62. The van der Waals surface area contributed by atoms with Crippen molar-refractivity contribution in [1.82, 2.24) is 0 Å². The van der Waals surface area contributed by atoms with Crippen LogP contribution in [0.2, 0.25) is 0 Å². The molecular weight excluding hydrogens is 278 g/mol. The SMILES string of the molecule is CC(=O)Oc1ccc2c(c1)C(C)=CC(C)(Cl)N2C(C)=O. The van der Waals surface area contributed by atoms with E-state index < -0.39 is 5.00 Å². The minimum absolute atomic E-state index is 0.146. The summed E-state index contributed by atoms with van der Waals surface area (Å²) in [7, 11) is 0. The number of alkyl halides is 1. The molecule has 0 saturated heterocycles. The van der Waals surface area contributed by atoms with E-state index in [4.69, 9.17) is 16.3 Å². The minimum Gasteiger partial charge on any atom is -0.427 e. The quantitative estimate of drug-likeness (QED) is 0.345. The van der Waals surface area contributed by atoms with Crippen LogP contribution in [0.3, 0.4) is 0 Å². The normalized spacial score (nSPS) is 21.1. The molecule has 0 spiro atoms. The Bertz CT molecular complexity index is 620. The van der Waals surface area contributed by atoms with Crippen LogP contribution >= 0.6 is 11.6 Å². The number of benzene rings is 1. The molecule has 106 valence electrons. The molecule has 1 atom stereocenters. The monoisotopic (exact) mass is 293 g/mol. The maximum atomic E-state index is 11.9. The molecular formula is C15H16ClNO3. The van der Waals surface area contributed by atoms with E-state index in [2.05, 4.69) is 0 Å². The van der Waals surface area contributed by atoms with Gasteiger partial charge in [-0.3, -0.25) is 14.5 Å². The predicted octanol–water partition coefficient (Wildman–Crippen LogP) is 3.34. The Labute approximate surface area is 123 Å². The summed E-state index contributed by atoms with van der Waals surface area (Å²) in [4.78, 5) is 23.5. The summed E-state index contributed by atoms with van der Waals surface area (Å²) in [5.41, 5.74) is 2.48. The van der Waals surface area contributed by atoms with Gasteiger partial charge in [0.1, 0.15) is 10.7 Å². The van der Waals surface area contributed by atoms with Gasteiger partial charge in [-0.05, 0) is 43.7 Å². The fourth-order valence-corrected chi connectivity index (χ4v) is 2.88. The molecule has 20 heavy (non-hydrogen) atoms. The summed E-state index contributed by atoms with van der Waals surface area (Å²) in [6, 6.07) is 5.14. The summed E-state index contributed by atoms with van der Waals surface area (Å²) in [5.74, 6) is -0.0774. The number of allylic oxidation sites excluding steroid dienone is 1. The highest BCUT2D eigenvalue weighted by Gasteiger charge is 2.36. The van der Waals surface area contributed by atoms with Gasteiger partial charge in [-0.1, -0.05) is 11.6 Å². The highest BCUT2D eigenvalue weighted by molar-refractivity contribution is 6.30. The zero-order chi connectivity index (χ0) is 15.1. The number of hydrogen-bond acceptors (Lipinski definition) is 3. The van der Waals surface area contributed by atoms with Gasteiger partial charge < -0.3 is 4.74 Å². The maximum absolute atomic E-state index is 11.9. The number of halogens is 1. The van der Waals surface area contributed by atoms with Gasteiger partial charge in [0.25, 0.3) is 0 Å². The minimum atomic E-state index is -0.897. The van der Waals surface area contributed by atoms with Gasteiger partial charge >= 0.3 is 5.97 Å². The van der Waals surface area contributed by atoms with Gasteiger partial charge in [-0.15, -0.1) is 0 Å². The van der Waals surface area contributed by atoms with Crippen LogP contribution in [0.25, 0.3) is 5.57 Å². The lowest BCUT2D eigenvalue weighted by molar-refractivity contribution is -0.131. The van der Waals surface area contributed by atoms with Crippen molar-refractivity contribution >= 4 is 34.7 Å². The summed E-state index contributed by atoms with van der Waals surface area (Å²) in [6.45, 7) is 6.50. The van der Waals surface area contributed by atoms with E-state index in [9.17, 15) is 9.59 Å². The van der Waals surface area contributed by atoms with E-state index in [0.29, 0.717) is 11.4 Å². The van der Waals surface area contributed by atoms with Gasteiger partial charge in [0, 0.05) is 19.4 Å². The molecule has 4 nitrogen and oxygen atoms in total. The lowest BCUT2D eigenvalue weighted by Gasteiger charge is -2.39. The number of fused-ring (bicyclic) bond motifs is 1. The van der Waals surface area contributed by atoms with Gasteiger partial charge in [-0.2, -0.15) is 0 Å². The molecule has 5 heteroatoms. The Balaban J connectivity index is 2.57. The molecule has 1 unspecified atom stereocenters. The lowest BCUT2D eigenvalue weighted by atomic mass is 9.96. The number of esters is 1. The van der Waals surface area contributed by atoms with E-state index >= 15 is 0 Å². The second-order valence-electron chi connectivity index (χ2n) is 4.98. The number of carbonyl (C=O) groups is 2. The summed E-state index contributed by atoms with van der Waals surface area (Å²) in [6.07, 6.45) is 1.82. The number of nitrogens with zero attached hydrogens (tertiary/aromatic N) is 1. The van der Waals surface area contributed by atoms with Crippen LogP contribution in [0.5, 0.6) is 5.75 Å². The fraction of sp³-hybridized carbons (Fsp3) is 0.333. The molecule has 1 aromatic rings. The molecule has 0 saturated carbocycles. The van der Waals surface area contributed by atoms with Crippen LogP contribution in [0, 0.1) is 0 Å². The molecule has 0 bridgehead atoms. The summed E-state index contributed by atoms with van der Waals surface area (Å²) in [5, 5.41) is 0. The van der Waals surface area contributed by atoms with Crippen molar-refractivity contribution in [3.05, 3.63) is 29.8 Å². The highest BCUT2D eigenvalue weighted by atomic mass is 35.5. The first-order chi connectivity index (χ1) is 9.22. The number of anilines is 1. The zero-order valence-electron chi connectivity index (χ0n) is 11.9. The van der Waals surface area contributed by atoms with E-state index in [1.807, 2.05) is 13.0 Å². The van der Waals surface area contributed by atoms with Crippen LogP contribution in [0.1, 0.15) is 33.3 Å². The number of hydrogen-bond donors (Lipinski definition) is 0. The van der Waals surface area contributed by atoms with Crippen molar-refractivity contribution in [2.75, 3.05) is 4.90 Å².